The van der Waals surface area contributed by atoms with E-state index in [1.54, 1.807) is 17.0 Å². The second-order valence-electron chi connectivity index (χ2n) is 7.55. The highest BCUT2D eigenvalue weighted by molar-refractivity contribution is 5.92. The van der Waals surface area contributed by atoms with Gasteiger partial charge >= 0.3 is 0 Å². The third-order valence-corrected chi connectivity index (χ3v) is 5.33. The van der Waals surface area contributed by atoms with Gasteiger partial charge in [-0.3, -0.25) is 9.59 Å². The van der Waals surface area contributed by atoms with Crippen LogP contribution in [0.1, 0.15) is 41.5 Å². The molecule has 0 bridgehead atoms. The minimum atomic E-state index is -0.476. The number of carbonyl (C=O) groups excluding carboxylic acids is 2. The van der Waals surface area contributed by atoms with Crippen LogP contribution in [0, 0.1) is 19.7 Å². The number of para-hydroxylation sites is 1. The summed E-state index contributed by atoms with van der Waals surface area (Å²) in [4.78, 5) is 35.6. The number of methoxy groups -OCH3 is 1. The minimum absolute atomic E-state index is 0.0305. The van der Waals surface area contributed by atoms with Crippen LogP contribution >= 0.6 is 0 Å². The Morgan fingerprint density at radius 3 is 2.60 bits per heavy atom. The monoisotopic (exact) mass is 414 g/mol. The fourth-order valence-electron chi connectivity index (χ4n) is 3.75. The van der Waals surface area contributed by atoms with Crippen LogP contribution in [0.3, 0.4) is 0 Å². The molecule has 0 saturated carbocycles. The third kappa shape index (κ3) is 5.18. The van der Waals surface area contributed by atoms with Crippen molar-refractivity contribution >= 4 is 17.5 Å². The molecule has 0 spiro atoms. The van der Waals surface area contributed by atoms with E-state index in [4.69, 9.17) is 4.74 Å². The van der Waals surface area contributed by atoms with Gasteiger partial charge in [0.05, 0.1) is 12.1 Å². The first-order valence-electron chi connectivity index (χ1n) is 10.0. The first-order chi connectivity index (χ1) is 14.4. The zero-order chi connectivity index (χ0) is 21.7. The van der Waals surface area contributed by atoms with Gasteiger partial charge in [-0.25, -0.2) is 14.4 Å². The molecule has 7 nitrogen and oxygen atoms in total. The topological polar surface area (TPSA) is 84.4 Å². The second kappa shape index (κ2) is 9.75. The Labute approximate surface area is 175 Å². The molecule has 1 aromatic heterocycles. The number of amides is 2. The van der Waals surface area contributed by atoms with E-state index in [-0.39, 0.29) is 36.4 Å². The molecule has 2 amide bonds. The fraction of sp³-hybridized carbons (Fsp3) is 0.455. The molecule has 2 heterocycles. The zero-order valence-corrected chi connectivity index (χ0v) is 17.6. The normalized spacial score (nSPS) is 16.4. The first-order valence-corrected chi connectivity index (χ1v) is 10.0. The van der Waals surface area contributed by atoms with Gasteiger partial charge < -0.3 is 15.0 Å². The molecule has 3 rings (SSSR count). The largest absolute Gasteiger partial charge is 0.375 e. The molecular formula is C22H27FN4O3. The Hall–Kier alpha value is -2.87. The molecule has 1 aliphatic rings. The predicted molar refractivity (Wildman–Crippen MR) is 111 cm³/mol. The van der Waals surface area contributed by atoms with Crippen LogP contribution < -0.4 is 5.32 Å². The molecular weight excluding hydrogens is 387 g/mol. The summed E-state index contributed by atoms with van der Waals surface area (Å²) in [5.74, 6) is -0.0825. The average molecular weight is 414 g/mol. The number of aromatic nitrogens is 2. The highest BCUT2D eigenvalue weighted by Gasteiger charge is 2.27. The van der Waals surface area contributed by atoms with E-state index in [0.717, 1.165) is 29.8 Å². The number of benzene rings is 1. The summed E-state index contributed by atoms with van der Waals surface area (Å²) in [6.45, 7) is 5.04. The number of anilines is 1. The van der Waals surface area contributed by atoms with Gasteiger partial charge in [-0.05, 0) is 38.8 Å². The number of halogens is 1. The molecule has 30 heavy (non-hydrogen) atoms. The van der Waals surface area contributed by atoms with Crippen molar-refractivity contribution in [2.45, 2.75) is 39.0 Å². The van der Waals surface area contributed by atoms with E-state index < -0.39 is 5.82 Å². The van der Waals surface area contributed by atoms with E-state index in [1.165, 1.54) is 19.2 Å². The van der Waals surface area contributed by atoms with Gasteiger partial charge in [-0.1, -0.05) is 12.1 Å². The molecule has 1 aliphatic heterocycles. The summed E-state index contributed by atoms with van der Waals surface area (Å²) in [6.07, 6.45) is 1.85. The van der Waals surface area contributed by atoms with E-state index in [2.05, 4.69) is 15.3 Å². The molecule has 2 aromatic rings. The third-order valence-electron chi connectivity index (χ3n) is 5.33. The number of ether oxygens (including phenoxy) is 1. The maximum Gasteiger partial charge on any atom is 0.248 e. The first kappa shape index (κ1) is 21.8. The molecule has 1 saturated heterocycles. The molecule has 1 atom stereocenters. The van der Waals surface area contributed by atoms with Crippen molar-refractivity contribution in [1.82, 2.24) is 14.9 Å². The van der Waals surface area contributed by atoms with E-state index in [0.29, 0.717) is 18.9 Å². The SMILES string of the molecule is COCC(=O)N1CCC[C@H](c2nc(C)c(CC(=O)Nc3ccccc3F)c(C)n2)C1. The van der Waals surface area contributed by atoms with Crippen LogP contribution in [0.25, 0.3) is 0 Å². The summed E-state index contributed by atoms with van der Waals surface area (Å²) >= 11 is 0. The number of piperidine rings is 1. The fourth-order valence-corrected chi connectivity index (χ4v) is 3.75. The Bertz CT molecular complexity index is 911. The van der Waals surface area contributed by atoms with Crippen LogP contribution in [-0.4, -0.2) is 53.5 Å². The second-order valence-corrected chi connectivity index (χ2v) is 7.55. The number of likely N-dealkylation sites (tertiary alicyclic amines) is 1. The number of aryl methyl sites for hydroxylation is 2. The number of rotatable bonds is 6. The number of hydrogen-bond acceptors (Lipinski definition) is 5. The van der Waals surface area contributed by atoms with Gasteiger partial charge in [0, 0.05) is 43.1 Å². The number of carbonyl (C=O) groups is 2. The maximum atomic E-state index is 13.8. The molecule has 1 aromatic carbocycles. The average Bonchev–Trinajstić information content (AvgIpc) is 2.72. The summed E-state index contributed by atoms with van der Waals surface area (Å²) in [6, 6.07) is 6.06. The lowest BCUT2D eigenvalue weighted by Gasteiger charge is -2.32. The van der Waals surface area contributed by atoms with Gasteiger partial charge in [0.2, 0.25) is 11.8 Å². The predicted octanol–water partition coefficient (Wildman–Crippen LogP) is 2.77. The Balaban J connectivity index is 1.71. The van der Waals surface area contributed by atoms with Crippen molar-refractivity contribution < 1.29 is 18.7 Å². The van der Waals surface area contributed by atoms with Crippen molar-refractivity contribution in [1.29, 1.82) is 0 Å². The van der Waals surface area contributed by atoms with Crippen molar-refractivity contribution in [3.05, 3.63) is 52.9 Å². The quantitative estimate of drug-likeness (QED) is 0.786. The molecule has 0 aliphatic carbocycles. The lowest BCUT2D eigenvalue weighted by Crippen LogP contribution is -2.41. The number of nitrogens with one attached hydrogen (secondary N) is 1. The lowest BCUT2D eigenvalue weighted by atomic mass is 9.96. The zero-order valence-electron chi connectivity index (χ0n) is 17.6. The summed E-state index contributed by atoms with van der Waals surface area (Å²) < 4.78 is 18.7. The van der Waals surface area contributed by atoms with E-state index in [9.17, 15) is 14.0 Å². The van der Waals surface area contributed by atoms with Crippen molar-refractivity contribution in [2.75, 3.05) is 32.1 Å². The molecule has 160 valence electrons. The Morgan fingerprint density at radius 1 is 1.23 bits per heavy atom. The maximum absolute atomic E-state index is 13.8. The molecule has 8 heteroatoms. The minimum Gasteiger partial charge on any atom is -0.375 e. The molecule has 1 fully saturated rings. The van der Waals surface area contributed by atoms with Crippen LogP contribution in [0.4, 0.5) is 10.1 Å². The van der Waals surface area contributed by atoms with Crippen molar-refractivity contribution in [2.24, 2.45) is 0 Å². The molecule has 0 radical (unpaired) electrons. The lowest BCUT2D eigenvalue weighted by molar-refractivity contribution is -0.136. The standard InChI is InChI=1S/C22H27FN4O3/c1-14-17(11-20(28)26-19-9-5-4-8-18(19)23)15(2)25-22(24-14)16-7-6-10-27(12-16)21(29)13-30-3/h4-5,8-9,16H,6-7,10-13H2,1-3H3,(H,26,28)/t16-/m0/s1. The summed E-state index contributed by atoms with van der Waals surface area (Å²) in [7, 11) is 1.51. The number of nitrogens with zero attached hydrogens (tertiary/aromatic N) is 3. The van der Waals surface area contributed by atoms with Crippen LogP contribution in [0.2, 0.25) is 0 Å². The highest BCUT2D eigenvalue weighted by Crippen LogP contribution is 2.26. The van der Waals surface area contributed by atoms with Gasteiger partial charge in [0.15, 0.2) is 0 Å². The van der Waals surface area contributed by atoms with Crippen LogP contribution in [0.5, 0.6) is 0 Å². The Morgan fingerprint density at radius 2 is 1.93 bits per heavy atom. The Kier molecular flexibility index (Phi) is 7.10. The summed E-state index contributed by atoms with van der Waals surface area (Å²) in [5.41, 5.74) is 2.33. The smallest absolute Gasteiger partial charge is 0.248 e. The van der Waals surface area contributed by atoms with E-state index >= 15 is 0 Å². The van der Waals surface area contributed by atoms with Crippen molar-refractivity contribution in [3.8, 4) is 0 Å². The van der Waals surface area contributed by atoms with Crippen LogP contribution in [-0.2, 0) is 20.7 Å². The van der Waals surface area contributed by atoms with Gasteiger partial charge in [0.1, 0.15) is 18.2 Å². The molecule has 0 unspecified atom stereocenters. The summed E-state index contributed by atoms with van der Waals surface area (Å²) in [5, 5.41) is 2.60. The van der Waals surface area contributed by atoms with Gasteiger partial charge in [0.25, 0.3) is 0 Å². The molecule has 1 N–H and O–H groups in total. The van der Waals surface area contributed by atoms with E-state index in [1.807, 2.05) is 13.8 Å². The number of hydrogen-bond donors (Lipinski definition) is 1. The van der Waals surface area contributed by atoms with Crippen LogP contribution in [0.15, 0.2) is 24.3 Å². The highest BCUT2D eigenvalue weighted by atomic mass is 19.1. The van der Waals surface area contributed by atoms with Gasteiger partial charge in [-0.15, -0.1) is 0 Å². The van der Waals surface area contributed by atoms with Crippen molar-refractivity contribution in [3.63, 3.8) is 0 Å². The van der Waals surface area contributed by atoms with Gasteiger partial charge in [-0.2, -0.15) is 0 Å².